The van der Waals surface area contributed by atoms with E-state index in [1.54, 1.807) is 38.1 Å². The van der Waals surface area contributed by atoms with Crippen molar-refractivity contribution < 1.29 is 18.0 Å². The Morgan fingerprint density at radius 2 is 1.96 bits per heavy atom. The number of rotatable bonds is 5. The van der Waals surface area contributed by atoms with Crippen LogP contribution in [0.4, 0.5) is 13.2 Å². The number of aryl methyl sites for hydroxylation is 1. The van der Waals surface area contributed by atoms with E-state index in [0.717, 1.165) is 17.7 Å². The molecular formula is C18H19ClF3N3O. The van der Waals surface area contributed by atoms with Crippen molar-refractivity contribution in [1.82, 2.24) is 14.7 Å². The molecule has 1 aromatic carbocycles. The summed E-state index contributed by atoms with van der Waals surface area (Å²) in [7, 11) is 0. The van der Waals surface area contributed by atoms with E-state index in [1.807, 2.05) is 6.07 Å². The number of amides is 1. The first-order valence-corrected chi connectivity index (χ1v) is 8.75. The maximum atomic E-state index is 13.0. The van der Waals surface area contributed by atoms with E-state index < -0.39 is 24.7 Å². The lowest BCUT2D eigenvalue weighted by Gasteiger charge is -2.30. The number of carbonyl (C=O) groups is 1. The third kappa shape index (κ3) is 3.87. The highest BCUT2D eigenvalue weighted by Crippen LogP contribution is 2.37. The largest absolute Gasteiger partial charge is 0.406 e. The lowest BCUT2D eigenvalue weighted by molar-refractivity contribution is -0.144. The van der Waals surface area contributed by atoms with Crippen molar-refractivity contribution in [3.63, 3.8) is 0 Å². The Morgan fingerprint density at radius 3 is 2.50 bits per heavy atom. The topological polar surface area (TPSA) is 38.1 Å². The zero-order chi connectivity index (χ0) is 19.1. The molecule has 1 saturated carbocycles. The van der Waals surface area contributed by atoms with Crippen molar-refractivity contribution in [2.75, 3.05) is 6.54 Å². The summed E-state index contributed by atoms with van der Waals surface area (Å²) >= 11 is 6.35. The maximum Gasteiger partial charge on any atom is 0.406 e. The second-order valence-corrected chi connectivity index (χ2v) is 6.98. The van der Waals surface area contributed by atoms with Gasteiger partial charge in [0.1, 0.15) is 11.7 Å². The van der Waals surface area contributed by atoms with Crippen LogP contribution in [0.3, 0.4) is 0 Å². The van der Waals surface area contributed by atoms with Crippen LogP contribution < -0.4 is 0 Å². The van der Waals surface area contributed by atoms with Gasteiger partial charge in [0.05, 0.1) is 16.9 Å². The molecule has 1 unspecified atom stereocenters. The summed E-state index contributed by atoms with van der Waals surface area (Å²) in [6.07, 6.45) is -2.81. The summed E-state index contributed by atoms with van der Waals surface area (Å²) in [6, 6.07) is 8.41. The predicted molar refractivity (Wildman–Crippen MR) is 92.6 cm³/mol. The fourth-order valence-corrected chi connectivity index (χ4v) is 3.41. The molecule has 2 aromatic rings. The number of hydrogen-bond donors (Lipinski definition) is 0. The zero-order valence-corrected chi connectivity index (χ0v) is 15.2. The first kappa shape index (κ1) is 18.8. The third-order valence-corrected chi connectivity index (χ3v) is 4.97. The molecule has 4 nitrogen and oxygen atoms in total. The Balaban J connectivity index is 1.98. The molecule has 0 N–H and O–H groups in total. The number of hydrogen-bond acceptors (Lipinski definition) is 2. The van der Waals surface area contributed by atoms with Gasteiger partial charge in [0.15, 0.2) is 0 Å². The van der Waals surface area contributed by atoms with Gasteiger partial charge in [0.2, 0.25) is 0 Å². The van der Waals surface area contributed by atoms with Gasteiger partial charge in [0.25, 0.3) is 5.91 Å². The number of para-hydroxylation sites is 1. The van der Waals surface area contributed by atoms with Crippen LogP contribution in [0, 0.1) is 12.8 Å². The van der Waals surface area contributed by atoms with Crippen molar-refractivity contribution in [1.29, 1.82) is 0 Å². The maximum absolute atomic E-state index is 13.0. The van der Waals surface area contributed by atoms with Gasteiger partial charge in [-0.1, -0.05) is 29.8 Å². The van der Waals surface area contributed by atoms with Crippen LogP contribution in [-0.4, -0.2) is 39.4 Å². The van der Waals surface area contributed by atoms with Crippen molar-refractivity contribution in [3.05, 3.63) is 46.7 Å². The molecule has 1 fully saturated rings. The molecule has 0 radical (unpaired) electrons. The number of aromatic nitrogens is 2. The van der Waals surface area contributed by atoms with Crippen LogP contribution in [0.25, 0.3) is 5.69 Å². The Kier molecular flexibility index (Phi) is 5.01. The van der Waals surface area contributed by atoms with Gasteiger partial charge in [-0.15, -0.1) is 0 Å². The van der Waals surface area contributed by atoms with Crippen LogP contribution in [0.5, 0.6) is 0 Å². The molecule has 140 valence electrons. The second-order valence-electron chi connectivity index (χ2n) is 6.62. The summed E-state index contributed by atoms with van der Waals surface area (Å²) in [4.78, 5) is 13.8. The fourth-order valence-electron chi connectivity index (χ4n) is 3.05. The highest BCUT2D eigenvalue weighted by Gasteiger charge is 2.42. The number of alkyl halides is 3. The average molecular weight is 386 g/mol. The molecule has 1 heterocycles. The monoisotopic (exact) mass is 385 g/mol. The van der Waals surface area contributed by atoms with Gasteiger partial charge in [-0.3, -0.25) is 4.79 Å². The average Bonchev–Trinajstić information content (AvgIpc) is 3.37. The SMILES string of the molecule is Cc1nn(-c2ccccc2)c(Cl)c1C(=O)N(CC(F)(F)F)C(C)C1CC1. The second kappa shape index (κ2) is 6.95. The minimum atomic E-state index is -4.48. The van der Waals surface area contributed by atoms with E-state index in [0.29, 0.717) is 11.4 Å². The van der Waals surface area contributed by atoms with E-state index in [1.165, 1.54) is 4.68 Å². The van der Waals surface area contributed by atoms with Crippen LogP contribution in [0.2, 0.25) is 5.15 Å². The Bertz CT molecular complexity index is 800. The normalized spacial score (nSPS) is 15.8. The summed E-state index contributed by atoms with van der Waals surface area (Å²) in [5, 5.41) is 4.28. The summed E-state index contributed by atoms with van der Waals surface area (Å²) in [5.74, 6) is -0.629. The minimum Gasteiger partial charge on any atom is -0.326 e. The van der Waals surface area contributed by atoms with Gasteiger partial charge in [-0.05, 0) is 44.7 Å². The molecule has 3 rings (SSSR count). The molecule has 1 aromatic heterocycles. The zero-order valence-electron chi connectivity index (χ0n) is 14.4. The van der Waals surface area contributed by atoms with E-state index >= 15 is 0 Å². The smallest absolute Gasteiger partial charge is 0.326 e. The van der Waals surface area contributed by atoms with Crippen LogP contribution in [0.15, 0.2) is 30.3 Å². The van der Waals surface area contributed by atoms with E-state index in [9.17, 15) is 18.0 Å². The van der Waals surface area contributed by atoms with Crippen molar-refractivity contribution in [2.45, 2.75) is 38.9 Å². The standard InChI is InChI=1S/C18H19ClF3N3O/c1-11-15(16(19)25(23-11)14-6-4-3-5-7-14)17(26)24(10-18(20,21)22)12(2)13-8-9-13/h3-7,12-13H,8-10H2,1-2H3. The molecule has 8 heteroatoms. The van der Waals surface area contributed by atoms with Gasteiger partial charge < -0.3 is 4.90 Å². The van der Waals surface area contributed by atoms with Crippen LogP contribution in [-0.2, 0) is 0 Å². The summed E-state index contributed by atoms with van der Waals surface area (Å²) in [6.45, 7) is 1.94. The summed E-state index contributed by atoms with van der Waals surface area (Å²) in [5.41, 5.74) is 0.962. The van der Waals surface area contributed by atoms with Gasteiger partial charge >= 0.3 is 6.18 Å². The van der Waals surface area contributed by atoms with Crippen LogP contribution in [0.1, 0.15) is 35.8 Å². The van der Waals surface area contributed by atoms with Crippen LogP contribution >= 0.6 is 11.6 Å². The van der Waals surface area contributed by atoms with Crippen molar-refractivity contribution in [2.24, 2.45) is 5.92 Å². The van der Waals surface area contributed by atoms with E-state index in [4.69, 9.17) is 11.6 Å². The van der Waals surface area contributed by atoms with E-state index in [2.05, 4.69) is 5.10 Å². The molecular weight excluding hydrogens is 367 g/mol. The lowest BCUT2D eigenvalue weighted by Crippen LogP contribution is -2.45. The molecule has 0 saturated heterocycles. The molecule has 0 spiro atoms. The first-order valence-electron chi connectivity index (χ1n) is 8.37. The minimum absolute atomic E-state index is 0.0206. The number of halogens is 4. The Hall–Kier alpha value is -2.02. The molecule has 1 atom stereocenters. The molecule has 0 bridgehead atoms. The predicted octanol–water partition coefficient (Wildman–Crippen LogP) is 4.64. The van der Waals surface area contributed by atoms with Crippen molar-refractivity contribution in [3.8, 4) is 5.69 Å². The quantitative estimate of drug-likeness (QED) is 0.752. The third-order valence-electron chi connectivity index (χ3n) is 4.63. The highest BCUT2D eigenvalue weighted by molar-refractivity contribution is 6.33. The molecule has 0 aliphatic heterocycles. The van der Waals surface area contributed by atoms with Crippen molar-refractivity contribution >= 4 is 17.5 Å². The molecule has 26 heavy (non-hydrogen) atoms. The molecule has 1 aliphatic rings. The van der Waals surface area contributed by atoms with E-state index in [-0.39, 0.29) is 16.6 Å². The van der Waals surface area contributed by atoms with Gasteiger partial charge in [-0.25, -0.2) is 4.68 Å². The highest BCUT2D eigenvalue weighted by atomic mass is 35.5. The number of nitrogens with zero attached hydrogens (tertiary/aromatic N) is 3. The lowest BCUT2D eigenvalue weighted by atomic mass is 10.1. The molecule has 1 aliphatic carbocycles. The van der Waals surface area contributed by atoms with Gasteiger partial charge in [-0.2, -0.15) is 18.3 Å². The Labute approximate surface area is 154 Å². The first-order chi connectivity index (χ1) is 12.2. The van der Waals surface area contributed by atoms with Gasteiger partial charge in [0, 0.05) is 6.04 Å². The molecule has 1 amide bonds. The fraction of sp³-hybridized carbons (Fsp3) is 0.444. The number of carbonyl (C=O) groups excluding carboxylic acids is 1. The Morgan fingerprint density at radius 1 is 1.35 bits per heavy atom. The number of benzene rings is 1. The summed E-state index contributed by atoms with van der Waals surface area (Å²) < 4.78 is 40.5.